The Balaban J connectivity index is 1.55. The van der Waals surface area contributed by atoms with Gasteiger partial charge in [-0.15, -0.1) is 0 Å². The molecule has 104 valence electrons. The van der Waals surface area contributed by atoms with Crippen molar-refractivity contribution in [1.82, 2.24) is 5.32 Å². The maximum Gasteiger partial charge on any atom is 0.323 e. The summed E-state index contributed by atoms with van der Waals surface area (Å²) in [7, 11) is 0. The van der Waals surface area contributed by atoms with Crippen molar-refractivity contribution < 1.29 is 9.53 Å². The molecule has 1 unspecified atom stereocenters. The Morgan fingerprint density at radius 2 is 2.05 bits per heavy atom. The van der Waals surface area contributed by atoms with Crippen LogP contribution < -0.4 is 5.32 Å². The van der Waals surface area contributed by atoms with Gasteiger partial charge in [-0.1, -0.05) is 36.8 Å². The molecule has 2 rings (SSSR count). The minimum atomic E-state index is -0.0700. The van der Waals surface area contributed by atoms with E-state index in [9.17, 15) is 4.79 Å². The summed E-state index contributed by atoms with van der Waals surface area (Å²) in [5.74, 6) is -0.0700. The van der Waals surface area contributed by atoms with Crippen molar-refractivity contribution in [3.05, 3.63) is 35.9 Å². The average molecular weight is 261 g/mol. The van der Waals surface area contributed by atoms with E-state index in [0.717, 1.165) is 38.6 Å². The Hall–Kier alpha value is -1.35. The van der Waals surface area contributed by atoms with Gasteiger partial charge in [0.2, 0.25) is 0 Å². The van der Waals surface area contributed by atoms with E-state index in [-0.39, 0.29) is 12.0 Å². The maximum absolute atomic E-state index is 11.7. The first-order valence-electron chi connectivity index (χ1n) is 7.30. The second-order valence-electron chi connectivity index (χ2n) is 5.11. The van der Waals surface area contributed by atoms with Crippen LogP contribution in [-0.4, -0.2) is 25.2 Å². The molecule has 0 amide bonds. The molecular formula is C16H23NO2. The van der Waals surface area contributed by atoms with Gasteiger partial charge < -0.3 is 10.1 Å². The van der Waals surface area contributed by atoms with E-state index >= 15 is 0 Å². The van der Waals surface area contributed by atoms with Gasteiger partial charge in [0.15, 0.2) is 0 Å². The number of hydrogen-bond acceptors (Lipinski definition) is 3. The fraction of sp³-hybridized carbons (Fsp3) is 0.562. The molecule has 3 nitrogen and oxygen atoms in total. The van der Waals surface area contributed by atoms with Crippen LogP contribution in [0.15, 0.2) is 30.3 Å². The van der Waals surface area contributed by atoms with E-state index < -0.39 is 0 Å². The predicted octanol–water partition coefficient (Wildman–Crippen LogP) is 2.69. The van der Waals surface area contributed by atoms with Gasteiger partial charge in [-0.3, -0.25) is 4.79 Å². The van der Waals surface area contributed by atoms with Gasteiger partial charge in [-0.05, 0) is 44.2 Å². The molecule has 1 fully saturated rings. The van der Waals surface area contributed by atoms with Gasteiger partial charge in [0.1, 0.15) is 6.04 Å². The monoisotopic (exact) mass is 261 g/mol. The number of ether oxygens (including phenoxy) is 1. The van der Waals surface area contributed by atoms with Crippen LogP contribution in [0.2, 0.25) is 0 Å². The Kier molecular flexibility index (Phi) is 5.89. The highest BCUT2D eigenvalue weighted by Gasteiger charge is 2.21. The molecule has 0 aliphatic carbocycles. The molecule has 1 N–H and O–H groups in total. The lowest BCUT2D eigenvalue weighted by Gasteiger charge is -2.21. The zero-order chi connectivity index (χ0) is 13.3. The number of esters is 1. The molecule has 0 saturated carbocycles. The SMILES string of the molecule is O=C(OCCCCc1ccccc1)C1CCCCN1. The number of nitrogens with one attached hydrogen (secondary N) is 1. The summed E-state index contributed by atoms with van der Waals surface area (Å²) >= 11 is 0. The third kappa shape index (κ3) is 5.03. The fourth-order valence-electron chi connectivity index (χ4n) is 2.40. The molecule has 1 aliphatic rings. The van der Waals surface area contributed by atoms with Gasteiger partial charge in [-0.25, -0.2) is 0 Å². The van der Waals surface area contributed by atoms with Gasteiger partial charge in [0.05, 0.1) is 6.61 Å². The van der Waals surface area contributed by atoms with Crippen LogP contribution in [0.3, 0.4) is 0 Å². The van der Waals surface area contributed by atoms with Gasteiger partial charge >= 0.3 is 5.97 Å². The Bertz CT molecular complexity index is 372. The second-order valence-corrected chi connectivity index (χ2v) is 5.11. The molecule has 1 heterocycles. The van der Waals surface area contributed by atoms with Crippen molar-refractivity contribution in [2.75, 3.05) is 13.2 Å². The number of benzene rings is 1. The van der Waals surface area contributed by atoms with Crippen LogP contribution in [0, 0.1) is 0 Å². The largest absolute Gasteiger partial charge is 0.465 e. The lowest BCUT2D eigenvalue weighted by Crippen LogP contribution is -2.41. The van der Waals surface area contributed by atoms with E-state index in [1.165, 1.54) is 12.0 Å². The predicted molar refractivity (Wildman–Crippen MR) is 76.0 cm³/mol. The van der Waals surface area contributed by atoms with Crippen LogP contribution in [0.4, 0.5) is 0 Å². The molecule has 3 heteroatoms. The minimum absolute atomic E-state index is 0.0668. The van der Waals surface area contributed by atoms with E-state index in [4.69, 9.17) is 4.74 Å². The molecule has 0 aromatic heterocycles. The summed E-state index contributed by atoms with van der Waals surface area (Å²) in [5, 5.41) is 3.21. The molecule has 19 heavy (non-hydrogen) atoms. The number of rotatable bonds is 6. The fourth-order valence-corrected chi connectivity index (χ4v) is 2.40. The van der Waals surface area contributed by atoms with Crippen LogP contribution in [-0.2, 0) is 16.0 Å². The smallest absolute Gasteiger partial charge is 0.323 e. The molecule has 1 aliphatic heterocycles. The van der Waals surface area contributed by atoms with E-state index in [2.05, 4.69) is 29.6 Å². The summed E-state index contributed by atoms with van der Waals surface area (Å²) in [4.78, 5) is 11.7. The lowest BCUT2D eigenvalue weighted by atomic mass is 10.1. The van der Waals surface area contributed by atoms with Crippen LogP contribution in [0.25, 0.3) is 0 Å². The molecular weight excluding hydrogens is 238 g/mol. The van der Waals surface area contributed by atoms with E-state index in [0.29, 0.717) is 6.61 Å². The molecule has 0 radical (unpaired) electrons. The zero-order valence-corrected chi connectivity index (χ0v) is 11.4. The first-order chi connectivity index (χ1) is 9.36. The summed E-state index contributed by atoms with van der Waals surface area (Å²) in [6, 6.07) is 10.4. The van der Waals surface area contributed by atoms with Crippen molar-refractivity contribution >= 4 is 5.97 Å². The van der Waals surface area contributed by atoms with Crippen molar-refractivity contribution in [2.24, 2.45) is 0 Å². The number of piperidine rings is 1. The normalized spacial score (nSPS) is 19.1. The standard InChI is InChI=1S/C16H23NO2/c18-16(15-11-4-6-12-17-15)19-13-7-5-10-14-8-2-1-3-9-14/h1-3,8-9,15,17H,4-7,10-13H2. The highest BCUT2D eigenvalue weighted by Crippen LogP contribution is 2.09. The van der Waals surface area contributed by atoms with Crippen molar-refractivity contribution in [3.8, 4) is 0 Å². The second kappa shape index (κ2) is 7.95. The molecule has 1 aromatic carbocycles. The minimum Gasteiger partial charge on any atom is -0.465 e. The van der Waals surface area contributed by atoms with E-state index in [1.807, 2.05) is 6.07 Å². The van der Waals surface area contributed by atoms with Crippen LogP contribution in [0.1, 0.15) is 37.7 Å². The average Bonchev–Trinajstić information content (AvgIpc) is 2.49. The Morgan fingerprint density at radius 3 is 2.79 bits per heavy atom. The number of carbonyl (C=O) groups is 1. The van der Waals surface area contributed by atoms with E-state index in [1.54, 1.807) is 0 Å². The molecule has 1 aromatic rings. The van der Waals surface area contributed by atoms with Crippen LogP contribution in [0.5, 0.6) is 0 Å². The summed E-state index contributed by atoms with van der Waals surface area (Å²) in [6.07, 6.45) is 6.27. The number of carbonyl (C=O) groups excluding carboxylic acids is 1. The first-order valence-corrected chi connectivity index (χ1v) is 7.30. The molecule has 1 saturated heterocycles. The van der Waals surface area contributed by atoms with Gasteiger partial charge in [0, 0.05) is 0 Å². The number of unbranched alkanes of at least 4 members (excludes halogenated alkanes) is 1. The van der Waals surface area contributed by atoms with Gasteiger partial charge in [-0.2, -0.15) is 0 Å². The molecule has 0 bridgehead atoms. The molecule has 1 atom stereocenters. The Labute approximate surface area is 115 Å². The zero-order valence-electron chi connectivity index (χ0n) is 11.4. The maximum atomic E-state index is 11.7. The van der Waals surface area contributed by atoms with Crippen molar-refractivity contribution in [1.29, 1.82) is 0 Å². The Morgan fingerprint density at radius 1 is 1.21 bits per heavy atom. The van der Waals surface area contributed by atoms with Crippen molar-refractivity contribution in [2.45, 2.75) is 44.6 Å². The highest BCUT2D eigenvalue weighted by atomic mass is 16.5. The molecule has 0 spiro atoms. The number of hydrogen-bond donors (Lipinski definition) is 1. The summed E-state index contributed by atoms with van der Waals surface area (Å²) < 4.78 is 5.32. The third-order valence-electron chi connectivity index (χ3n) is 3.54. The highest BCUT2D eigenvalue weighted by molar-refractivity contribution is 5.75. The quantitative estimate of drug-likeness (QED) is 0.632. The topological polar surface area (TPSA) is 38.3 Å². The first kappa shape index (κ1) is 14.1. The third-order valence-corrected chi connectivity index (χ3v) is 3.54. The van der Waals surface area contributed by atoms with Crippen LogP contribution >= 0.6 is 0 Å². The van der Waals surface area contributed by atoms with Gasteiger partial charge in [0.25, 0.3) is 0 Å². The lowest BCUT2D eigenvalue weighted by molar-refractivity contribution is -0.146. The summed E-state index contributed by atoms with van der Waals surface area (Å²) in [6.45, 7) is 1.48. The van der Waals surface area contributed by atoms with Crippen molar-refractivity contribution in [3.63, 3.8) is 0 Å². The summed E-state index contributed by atoms with van der Waals surface area (Å²) in [5.41, 5.74) is 1.35. The number of aryl methyl sites for hydroxylation is 1.